The van der Waals surface area contributed by atoms with E-state index in [1.54, 1.807) is 42.5 Å². The number of thioether (sulfide) groups is 1. The van der Waals surface area contributed by atoms with Gasteiger partial charge in [0, 0.05) is 10.6 Å². The first-order valence-electron chi connectivity index (χ1n) is 10.4. The smallest absolute Gasteiger partial charge is 0.298 e. The predicted molar refractivity (Wildman–Crippen MR) is 135 cm³/mol. The lowest BCUT2D eigenvalue weighted by atomic mass is 10.0. The summed E-state index contributed by atoms with van der Waals surface area (Å²) in [6, 6.07) is 24.1. The molecule has 0 unspecified atom stereocenters. The molecule has 4 nitrogen and oxygen atoms in total. The molecule has 0 aromatic heterocycles. The van der Waals surface area contributed by atoms with E-state index in [1.807, 2.05) is 36.4 Å². The average Bonchev–Trinajstić information content (AvgIpc) is 3.13. The van der Waals surface area contributed by atoms with Gasteiger partial charge >= 0.3 is 0 Å². The summed E-state index contributed by atoms with van der Waals surface area (Å²) in [5.41, 5.74) is 1.96. The van der Waals surface area contributed by atoms with Crippen LogP contribution in [0.1, 0.15) is 11.1 Å². The number of rotatable bonds is 5. The van der Waals surface area contributed by atoms with Crippen molar-refractivity contribution in [3.8, 4) is 5.75 Å². The van der Waals surface area contributed by atoms with Gasteiger partial charge in [-0.25, -0.2) is 9.29 Å². The lowest BCUT2D eigenvalue weighted by molar-refractivity contribution is -0.113. The topological polar surface area (TPSA) is 46.6 Å². The van der Waals surface area contributed by atoms with Crippen LogP contribution in [0.2, 0.25) is 5.02 Å². The molecule has 1 heterocycles. The van der Waals surface area contributed by atoms with Crippen LogP contribution in [0.15, 0.2) is 89.8 Å². The molecule has 1 saturated heterocycles. The zero-order valence-electron chi connectivity index (χ0n) is 17.7. The number of anilines is 1. The van der Waals surface area contributed by atoms with Crippen LogP contribution in [0, 0.1) is 5.82 Å². The lowest BCUT2D eigenvalue weighted by Gasteiger charge is -2.13. The number of imide groups is 1. The number of halogens is 2. The van der Waals surface area contributed by atoms with Crippen LogP contribution in [-0.4, -0.2) is 11.1 Å². The highest BCUT2D eigenvalue weighted by Crippen LogP contribution is 2.39. The number of nitrogens with zero attached hydrogens (tertiary/aromatic N) is 1. The number of carbonyl (C=O) groups is 2. The van der Waals surface area contributed by atoms with E-state index in [0.717, 1.165) is 33.0 Å². The van der Waals surface area contributed by atoms with Crippen molar-refractivity contribution in [2.24, 2.45) is 0 Å². The van der Waals surface area contributed by atoms with E-state index in [9.17, 15) is 14.0 Å². The first-order chi connectivity index (χ1) is 16.5. The molecule has 168 valence electrons. The van der Waals surface area contributed by atoms with E-state index >= 15 is 0 Å². The summed E-state index contributed by atoms with van der Waals surface area (Å²) >= 11 is 6.82. The van der Waals surface area contributed by atoms with E-state index in [0.29, 0.717) is 26.9 Å². The van der Waals surface area contributed by atoms with Gasteiger partial charge in [-0.1, -0.05) is 54.1 Å². The summed E-state index contributed by atoms with van der Waals surface area (Å²) < 4.78 is 19.3. The van der Waals surface area contributed by atoms with Crippen molar-refractivity contribution >= 4 is 57.0 Å². The van der Waals surface area contributed by atoms with Crippen molar-refractivity contribution in [3.05, 3.63) is 112 Å². The summed E-state index contributed by atoms with van der Waals surface area (Å²) in [7, 11) is 0. The van der Waals surface area contributed by atoms with Crippen LogP contribution < -0.4 is 9.64 Å². The summed E-state index contributed by atoms with van der Waals surface area (Å²) in [5.74, 6) is -0.164. The highest BCUT2D eigenvalue weighted by molar-refractivity contribution is 8.19. The summed E-state index contributed by atoms with van der Waals surface area (Å²) in [4.78, 5) is 27.3. The monoisotopic (exact) mass is 489 g/mol. The molecule has 0 aliphatic carbocycles. The molecule has 1 fully saturated rings. The fourth-order valence-electron chi connectivity index (χ4n) is 3.70. The van der Waals surface area contributed by atoms with Crippen LogP contribution in [0.3, 0.4) is 0 Å². The molecule has 2 amide bonds. The summed E-state index contributed by atoms with van der Waals surface area (Å²) in [5, 5.41) is 2.00. The Morgan fingerprint density at radius 1 is 0.912 bits per heavy atom. The predicted octanol–water partition coefficient (Wildman–Crippen LogP) is 7.45. The zero-order chi connectivity index (χ0) is 23.7. The van der Waals surface area contributed by atoms with E-state index in [-0.39, 0.29) is 17.7 Å². The van der Waals surface area contributed by atoms with Crippen molar-refractivity contribution in [1.29, 1.82) is 0 Å². The molecule has 0 radical (unpaired) electrons. The first kappa shape index (κ1) is 22.2. The molecule has 0 bridgehead atoms. The minimum atomic E-state index is -0.408. The van der Waals surface area contributed by atoms with Gasteiger partial charge in [0.1, 0.15) is 18.2 Å². The quantitative estimate of drug-likeness (QED) is 0.273. The number of hydrogen-bond acceptors (Lipinski definition) is 4. The molecule has 4 aromatic rings. The molecular formula is C27H17ClFNO3S. The standard InChI is InChI=1S/C27H17ClFNO3S/c28-19-8-12-21(13-9-19)30-26(31)25(34-27(30)32)15-23-22-4-2-1-3-18(22)7-14-24(23)33-16-17-5-10-20(29)11-6-17/h1-15H,16H2/b25-15+. The van der Waals surface area contributed by atoms with Crippen LogP contribution in [0.25, 0.3) is 16.8 Å². The zero-order valence-corrected chi connectivity index (χ0v) is 19.3. The molecule has 0 atom stereocenters. The third-order valence-electron chi connectivity index (χ3n) is 5.39. The average molecular weight is 490 g/mol. The van der Waals surface area contributed by atoms with Crippen molar-refractivity contribution in [2.45, 2.75) is 6.61 Å². The molecule has 1 aliphatic heterocycles. The maximum atomic E-state index is 13.2. The number of fused-ring (bicyclic) bond motifs is 1. The Labute approximate surface area is 204 Å². The van der Waals surface area contributed by atoms with E-state index in [4.69, 9.17) is 16.3 Å². The molecule has 7 heteroatoms. The highest BCUT2D eigenvalue weighted by Gasteiger charge is 2.36. The second-order valence-corrected chi connectivity index (χ2v) is 9.04. The Kier molecular flexibility index (Phi) is 6.09. The summed E-state index contributed by atoms with van der Waals surface area (Å²) in [6.07, 6.45) is 1.70. The van der Waals surface area contributed by atoms with Gasteiger partial charge in [-0.05, 0) is 76.6 Å². The summed E-state index contributed by atoms with van der Waals surface area (Å²) in [6.45, 7) is 0.228. The van der Waals surface area contributed by atoms with Gasteiger partial charge in [0.15, 0.2) is 0 Å². The number of carbonyl (C=O) groups excluding carboxylic acids is 2. The van der Waals surface area contributed by atoms with Gasteiger partial charge in [0.2, 0.25) is 0 Å². The molecule has 0 saturated carbocycles. The molecular weight excluding hydrogens is 473 g/mol. The fraction of sp³-hybridized carbons (Fsp3) is 0.0370. The Morgan fingerprint density at radius 2 is 1.65 bits per heavy atom. The maximum Gasteiger partial charge on any atom is 0.298 e. The minimum Gasteiger partial charge on any atom is -0.488 e. The number of ether oxygens (including phenoxy) is 1. The number of amides is 2. The van der Waals surface area contributed by atoms with Crippen molar-refractivity contribution in [2.75, 3.05) is 4.90 Å². The molecule has 4 aromatic carbocycles. The van der Waals surface area contributed by atoms with Gasteiger partial charge in [-0.15, -0.1) is 0 Å². The number of hydrogen-bond donors (Lipinski definition) is 0. The van der Waals surface area contributed by atoms with E-state index in [1.165, 1.54) is 12.1 Å². The Bertz CT molecular complexity index is 1430. The first-order valence-corrected chi connectivity index (χ1v) is 11.6. The second-order valence-electron chi connectivity index (χ2n) is 7.61. The normalized spacial score (nSPS) is 14.9. The molecule has 34 heavy (non-hydrogen) atoms. The Morgan fingerprint density at radius 3 is 2.41 bits per heavy atom. The lowest BCUT2D eigenvalue weighted by Crippen LogP contribution is -2.27. The van der Waals surface area contributed by atoms with E-state index < -0.39 is 5.91 Å². The van der Waals surface area contributed by atoms with E-state index in [2.05, 4.69) is 0 Å². The van der Waals surface area contributed by atoms with Crippen LogP contribution in [0.4, 0.5) is 14.9 Å². The highest BCUT2D eigenvalue weighted by atomic mass is 35.5. The minimum absolute atomic E-state index is 0.228. The fourth-order valence-corrected chi connectivity index (χ4v) is 4.65. The van der Waals surface area contributed by atoms with Crippen molar-refractivity contribution in [3.63, 3.8) is 0 Å². The molecule has 0 N–H and O–H groups in total. The van der Waals surface area contributed by atoms with Gasteiger partial charge in [0.05, 0.1) is 10.6 Å². The third kappa shape index (κ3) is 4.42. The van der Waals surface area contributed by atoms with Crippen LogP contribution >= 0.6 is 23.4 Å². The van der Waals surface area contributed by atoms with Crippen molar-refractivity contribution in [1.82, 2.24) is 0 Å². The molecule has 0 spiro atoms. The van der Waals surface area contributed by atoms with Crippen LogP contribution in [0.5, 0.6) is 5.75 Å². The van der Waals surface area contributed by atoms with Gasteiger partial charge < -0.3 is 4.74 Å². The maximum absolute atomic E-state index is 13.2. The molecule has 5 rings (SSSR count). The molecule has 1 aliphatic rings. The van der Waals surface area contributed by atoms with Gasteiger partial charge in [0.25, 0.3) is 11.1 Å². The van der Waals surface area contributed by atoms with Gasteiger partial charge in [-0.2, -0.15) is 0 Å². The Balaban J connectivity index is 1.52. The third-order valence-corrected chi connectivity index (χ3v) is 6.51. The number of benzene rings is 4. The largest absolute Gasteiger partial charge is 0.488 e. The SMILES string of the molecule is O=C1S/C(=C/c2c(OCc3ccc(F)cc3)ccc3ccccc23)C(=O)N1c1ccc(Cl)cc1. The van der Waals surface area contributed by atoms with Crippen molar-refractivity contribution < 1.29 is 18.7 Å². The second kappa shape index (κ2) is 9.33. The van der Waals surface area contributed by atoms with Crippen LogP contribution in [-0.2, 0) is 11.4 Å². The van der Waals surface area contributed by atoms with Gasteiger partial charge in [-0.3, -0.25) is 9.59 Å². The Hall–Kier alpha value is -3.61.